The van der Waals surface area contributed by atoms with Gasteiger partial charge in [-0.2, -0.15) is 5.10 Å². The van der Waals surface area contributed by atoms with Crippen molar-refractivity contribution in [3.8, 4) is 45.3 Å². The van der Waals surface area contributed by atoms with Gasteiger partial charge in [0.05, 0.1) is 12.3 Å². The van der Waals surface area contributed by atoms with Crippen molar-refractivity contribution in [2.75, 3.05) is 6.61 Å². The molecule has 0 amide bonds. The van der Waals surface area contributed by atoms with Crippen LogP contribution in [-0.4, -0.2) is 33.6 Å². The van der Waals surface area contributed by atoms with Crippen LogP contribution in [0.25, 0.3) is 33.8 Å². The number of halogens is 3. The Hall–Kier alpha value is -3.73. The molecule has 0 saturated carbocycles. The maximum Gasteiger partial charge on any atom is 0.586 e. The molecule has 180 valence electrons. The minimum absolute atomic E-state index is 0.0648. The summed E-state index contributed by atoms with van der Waals surface area (Å²) < 4.78 is 49.6. The van der Waals surface area contributed by atoms with Crippen LogP contribution in [0.5, 0.6) is 11.5 Å². The summed E-state index contributed by atoms with van der Waals surface area (Å²) in [5.41, 5.74) is 3.10. The number of aryl methyl sites for hydroxylation is 2. The number of alkyl halides is 2. The Kier molecular flexibility index (Phi) is 5.59. The normalized spacial score (nSPS) is 13.8. The van der Waals surface area contributed by atoms with E-state index in [1.165, 1.54) is 12.1 Å². The highest BCUT2D eigenvalue weighted by Gasteiger charge is 2.43. The maximum atomic E-state index is 13.5. The second kappa shape index (κ2) is 8.49. The fourth-order valence-electron chi connectivity index (χ4n) is 3.85. The van der Waals surface area contributed by atoms with E-state index in [1.807, 2.05) is 18.2 Å². The number of aromatic nitrogens is 3. The number of carbonyl (C=O) groups is 1. The molecule has 0 radical (unpaired) electrons. The Morgan fingerprint density at radius 1 is 1.11 bits per heavy atom. The van der Waals surface area contributed by atoms with Crippen molar-refractivity contribution in [2.24, 2.45) is 7.05 Å². The van der Waals surface area contributed by atoms with Crippen molar-refractivity contribution >= 4 is 21.9 Å². The lowest BCUT2D eigenvalue weighted by molar-refractivity contribution is -0.286. The zero-order valence-electron chi connectivity index (χ0n) is 18.8. The molecule has 0 unspecified atom stereocenters. The molecule has 0 saturated heterocycles. The number of esters is 1. The summed E-state index contributed by atoms with van der Waals surface area (Å²) in [6.07, 6.45) is -3.73. The van der Waals surface area contributed by atoms with Crippen molar-refractivity contribution in [3.05, 3.63) is 58.5 Å². The van der Waals surface area contributed by atoms with Gasteiger partial charge in [0, 0.05) is 35.1 Å². The van der Waals surface area contributed by atoms with Gasteiger partial charge in [-0.1, -0.05) is 22.0 Å². The molecule has 0 spiro atoms. The van der Waals surface area contributed by atoms with Crippen molar-refractivity contribution in [1.29, 1.82) is 0 Å². The van der Waals surface area contributed by atoms with Crippen LogP contribution < -0.4 is 9.47 Å². The number of carbonyl (C=O) groups excluding carboxylic acids is 1. The Labute approximate surface area is 206 Å². The predicted molar refractivity (Wildman–Crippen MR) is 124 cm³/mol. The van der Waals surface area contributed by atoms with E-state index >= 15 is 0 Å². The molecule has 0 N–H and O–H groups in total. The highest BCUT2D eigenvalue weighted by molar-refractivity contribution is 9.10. The fourth-order valence-corrected chi connectivity index (χ4v) is 4.21. The van der Waals surface area contributed by atoms with Gasteiger partial charge in [-0.25, -0.2) is 9.78 Å². The molecule has 0 atom stereocenters. The van der Waals surface area contributed by atoms with Crippen LogP contribution in [0, 0.1) is 6.92 Å². The fraction of sp³-hybridized carbons (Fsp3) is 0.208. The minimum atomic E-state index is -3.73. The summed E-state index contributed by atoms with van der Waals surface area (Å²) in [6, 6.07) is 11.6. The summed E-state index contributed by atoms with van der Waals surface area (Å²) in [4.78, 5) is 16.7. The zero-order valence-corrected chi connectivity index (χ0v) is 20.4. The topological polar surface area (TPSA) is 88.6 Å². The number of rotatable bonds is 5. The highest BCUT2D eigenvalue weighted by atomic mass is 79.9. The monoisotopic (exact) mass is 545 g/mol. The van der Waals surface area contributed by atoms with E-state index in [9.17, 15) is 13.6 Å². The van der Waals surface area contributed by atoms with Gasteiger partial charge >= 0.3 is 12.3 Å². The van der Waals surface area contributed by atoms with Gasteiger partial charge in [0.15, 0.2) is 28.8 Å². The van der Waals surface area contributed by atoms with Crippen LogP contribution in [0.3, 0.4) is 0 Å². The van der Waals surface area contributed by atoms with Crippen LogP contribution in [-0.2, 0) is 11.8 Å². The quantitative estimate of drug-likeness (QED) is 0.285. The molecule has 2 aromatic carbocycles. The SMILES string of the molecule is CCOC(=O)c1cc(-c2ccc(Br)cc2-c2oc(C)nc2-c2ccc3c(c2)OC(F)(F)O3)n(C)n1. The van der Waals surface area contributed by atoms with E-state index in [-0.39, 0.29) is 23.8 Å². The molecule has 8 nitrogen and oxygen atoms in total. The van der Waals surface area contributed by atoms with Crippen LogP contribution in [0.4, 0.5) is 8.78 Å². The average molecular weight is 546 g/mol. The summed E-state index contributed by atoms with van der Waals surface area (Å²) in [5.74, 6) is 0.0927. The molecule has 5 rings (SSSR count). The summed E-state index contributed by atoms with van der Waals surface area (Å²) in [5, 5.41) is 4.28. The molecule has 1 aliphatic heterocycles. The molecular weight excluding hydrogens is 528 g/mol. The van der Waals surface area contributed by atoms with Crippen molar-refractivity contribution in [1.82, 2.24) is 14.8 Å². The Morgan fingerprint density at radius 2 is 1.89 bits per heavy atom. The maximum absolute atomic E-state index is 13.5. The van der Waals surface area contributed by atoms with E-state index in [2.05, 4.69) is 35.5 Å². The van der Waals surface area contributed by atoms with E-state index in [0.717, 1.165) is 4.47 Å². The first-order valence-electron chi connectivity index (χ1n) is 10.5. The Bertz CT molecular complexity index is 1460. The van der Waals surface area contributed by atoms with Gasteiger partial charge in [-0.05, 0) is 43.3 Å². The van der Waals surface area contributed by atoms with Gasteiger partial charge in [0.25, 0.3) is 0 Å². The molecule has 4 aromatic rings. The number of hydrogen-bond acceptors (Lipinski definition) is 7. The number of hydrogen-bond donors (Lipinski definition) is 0. The van der Waals surface area contributed by atoms with Gasteiger partial charge in [-0.3, -0.25) is 4.68 Å². The number of benzene rings is 2. The summed E-state index contributed by atoms with van der Waals surface area (Å²) >= 11 is 3.50. The van der Waals surface area contributed by atoms with Crippen LogP contribution in [0.15, 0.2) is 51.4 Å². The Balaban J connectivity index is 1.64. The first-order valence-corrected chi connectivity index (χ1v) is 11.3. The predicted octanol–water partition coefficient (Wildman–Crippen LogP) is 5.98. The molecule has 0 aliphatic carbocycles. The largest absolute Gasteiger partial charge is 0.586 e. The third-order valence-electron chi connectivity index (χ3n) is 5.28. The number of oxazole rings is 1. The third kappa shape index (κ3) is 4.27. The Morgan fingerprint density at radius 3 is 2.66 bits per heavy atom. The van der Waals surface area contributed by atoms with Crippen molar-refractivity contribution < 1.29 is 32.2 Å². The smallest absolute Gasteiger partial charge is 0.461 e. The molecular formula is C24H18BrF2N3O5. The minimum Gasteiger partial charge on any atom is -0.461 e. The van der Waals surface area contributed by atoms with Crippen LogP contribution in [0.1, 0.15) is 23.3 Å². The summed E-state index contributed by atoms with van der Waals surface area (Å²) in [7, 11) is 1.72. The average Bonchev–Trinajstić information content (AvgIpc) is 3.46. The van der Waals surface area contributed by atoms with Gasteiger partial charge in [0.1, 0.15) is 5.69 Å². The standard InChI is InChI=1S/C24H18BrF2N3O5/c1-4-32-23(31)17-11-18(30(3)29-17)15-7-6-14(25)10-16(15)22-21(28-12(2)33-22)13-5-8-19-20(9-13)35-24(26,27)34-19/h5-11H,4H2,1-3H3. The van der Waals surface area contributed by atoms with Gasteiger partial charge in [-0.15, -0.1) is 8.78 Å². The summed E-state index contributed by atoms with van der Waals surface area (Å²) in [6.45, 7) is 3.64. The second-order valence-electron chi connectivity index (χ2n) is 7.69. The molecule has 1 aliphatic rings. The number of fused-ring (bicyclic) bond motifs is 1. The third-order valence-corrected chi connectivity index (χ3v) is 5.77. The molecule has 35 heavy (non-hydrogen) atoms. The molecule has 11 heteroatoms. The lowest BCUT2D eigenvalue weighted by atomic mass is 9.98. The van der Waals surface area contributed by atoms with Crippen LogP contribution >= 0.6 is 15.9 Å². The van der Waals surface area contributed by atoms with E-state index < -0.39 is 12.3 Å². The molecule has 0 bridgehead atoms. The zero-order chi connectivity index (χ0) is 24.9. The second-order valence-corrected chi connectivity index (χ2v) is 8.60. The molecule has 0 fully saturated rings. The van der Waals surface area contributed by atoms with Gasteiger partial charge < -0.3 is 18.6 Å². The molecule has 2 aromatic heterocycles. The highest BCUT2D eigenvalue weighted by Crippen LogP contribution is 2.45. The number of ether oxygens (including phenoxy) is 3. The van der Waals surface area contributed by atoms with Crippen LogP contribution in [0.2, 0.25) is 0 Å². The first-order chi connectivity index (χ1) is 16.6. The van der Waals surface area contributed by atoms with Crippen molar-refractivity contribution in [2.45, 2.75) is 20.1 Å². The number of nitrogens with zero attached hydrogens (tertiary/aromatic N) is 3. The molecule has 3 heterocycles. The van der Waals surface area contributed by atoms with E-state index in [0.29, 0.717) is 39.7 Å². The first kappa shape index (κ1) is 23.0. The lowest BCUT2D eigenvalue weighted by Crippen LogP contribution is -2.25. The van der Waals surface area contributed by atoms with E-state index in [1.54, 1.807) is 37.7 Å². The lowest BCUT2D eigenvalue weighted by Gasteiger charge is -2.10. The van der Waals surface area contributed by atoms with E-state index in [4.69, 9.17) is 9.15 Å². The van der Waals surface area contributed by atoms with Gasteiger partial charge in [0.2, 0.25) is 0 Å². The van der Waals surface area contributed by atoms with Crippen molar-refractivity contribution in [3.63, 3.8) is 0 Å².